The average molecular weight is 322 g/mol. The van der Waals surface area contributed by atoms with Gasteiger partial charge in [0.25, 0.3) is 0 Å². The molecule has 112 valence electrons. The minimum atomic E-state index is -3.45. The lowest BCUT2D eigenvalue weighted by atomic mass is 9.89. The Morgan fingerprint density at radius 2 is 2.05 bits per heavy atom. The first kappa shape index (κ1) is 14.7. The number of aryl methyl sites for hydroxylation is 1. The maximum absolute atomic E-state index is 12.4. The fourth-order valence-electron chi connectivity index (χ4n) is 2.69. The molecule has 0 aliphatic heterocycles. The normalized spacial score (nSPS) is 18.4. The molecule has 4 nitrogen and oxygen atoms in total. The van der Waals surface area contributed by atoms with Crippen molar-refractivity contribution in [2.24, 2.45) is 5.73 Å². The molecular formula is C15H18N2O2S2. The Kier molecular flexibility index (Phi) is 4.12. The molecule has 1 unspecified atom stereocenters. The molecule has 21 heavy (non-hydrogen) atoms. The monoisotopic (exact) mass is 322 g/mol. The predicted octanol–water partition coefficient (Wildman–Crippen LogP) is 2.04. The molecular weight excluding hydrogens is 304 g/mol. The Hall–Kier alpha value is -1.21. The summed E-state index contributed by atoms with van der Waals surface area (Å²) in [5.41, 5.74) is 8.11. The van der Waals surface area contributed by atoms with Crippen molar-refractivity contribution < 1.29 is 8.42 Å². The second-order valence-electron chi connectivity index (χ2n) is 5.28. The molecule has 1 heterocycles. The van der Waals surface area contributed by atoms with Crippen LogP contribution in [0.2, 0.25) is 0 Å². The topological polar surface area (TPSA) is 72.2 Å². The molecule has 1 aromatic heterocycles. The van der Waals surface area contributed by atoms with E-state index in [1.807, 2.05) is 12.1 Å². The molecule has 1 aliphatic carbocycles. The number of thiophene rings is 1. The highest BCUT2D eigenvalue weighted by Gasteiger charge is 2.24. The molecule has 0 bridgehead atoms. The van der Waals surface area contributed by atoms with Crippen LogP contribution in [-0.2, 0) is 29.4 Å². The van der Waals surface area contributed by atoms with Crippen molar-refractivity contribution in [1.29, 1.82) is 0 Å². The van der Waals surface area contributed by atoms with Crippen molar-refractivity contribution in [3.05, 3.63) is 51.7 Å². The molecule has 0 radical (unpaired) electrons. The number of nitrogens with one attached hydrogen (secondary N) is 1. The van der Waals surface area contributed by atoms with E-state index < -0.39 is 10.0 Å². The molecule has 3 rings (SSSR count). The van der Waals surface area contributed by atoms with Gasteiger partial charge in [0.05, 0.1) is 4.90 Å². The van der Waals surface area contributed by atoms with Crippen molar-refractivity contribution in [3.63, 3.8) is 0 Å². The van der Waals surface area contributed by atoms with Crippen LogP contribution in [0.25, 0.3) is 0 Å². The summed E-state index contributed by atoms with van der Waals surface area (Å²) >= 11 is 1.38. The zero-order valence-corrected chi connectivity index (χ0v) is 13.2. The van der Waals surface area contributed by atoms with Gasteiger partial charge >= 0.3 is 0 Å². The highest BCUT2D eigenvalue weighted by atomic mass is 32.2. The second kappa shape index (κ2) is 5.88. The van der Waals surface area contributed by atoms with Gasteiger partial charge in [0, 0.05) is 22.8 Å². The van der Waals surface area contributed by atoms with Gasteiger partial charge < -0.3 is 5.73 Å². The molecule has 1 aromatic carbocycles. The summed E-state index contributed by atoms with van der Waals surface area (Å²) in [5.74, 6) is 0. The molecule has 2 aromatic rings. The molecule has 0 spiro atoms. The van der Waals surface area contributed by atoms with Gasteiger partial charge in [-0.25, -0.2) is 13.1 Å². The smallest absolute Gasteiger partial charge is 0.241 e. The highest BCUT2D eigenvalue weighted by molar-refractivity contribution is 7.89. The number of fused-ring (bicyclic) bond motifs is 1. The quantitative estimate of drug-likeness (QED) is 0.905. The zero-order chi connectivity index (χ0) is 14.9. The lowest BCUT2D eigenvalue weighted by Crippen LogP contribution is -2.38. The Labute approximate surface area is 129 Å². The van der Waals surface area contributed by atoms with E-state index >= 15 is 0 Å². The van der Waals surface area contributed by atoms with E-state index in [-0.39, 0.29) is 6.04 Å². The summed E-state index contributed by atoms with van der Waals surface area (Å²) in [6.07, 6.45) is 2.51. The van der Waals surface area contributed by atoms with Gasteiger partial charge in [0.2, 0.25) is 10.0 Å². The first-order chi connectivity index (χ1) is 10.1. The van der Waals surface area contributed by atoms with Crippen molar-refractivity contribution in [2.45, 2.75) is 36.7 Å². The molecule has 0 saturated carbocycles. The van der Waals surface area contributed by atoms with Gasteiger partial charge in [0.15, 0.2) is 0 Å². The van der Waals surface area contributed by atoms with Gasteiger partial charge in [-0.1, -0.05) is 24.3 Å². The SMILES string of the molecule is NCc1cc(S(=O)(=O)NC2CCc3ccccc3C2)cs1. The summed E-state index contributed by atoms with van der Waals surface area (Å²) in [6, 6.07) is 9.85. The molecule has 0 fully saturated rings. The van der Waals surface area contributed by atoms with Crippen LogP contribution >= 0.6 is 11.3 Å². The van der Waals surface area contributed by atoms with Crippen LogP contribution in [0.5, 0.6) is 0 Å². The fourth-order valence-corrected chi connectivity index (χ4v) is 5.12. The predicted molar refractivity (Wildman–Crippen MR) is 84.8 cm³/mol. The average Bonchev–Trinajstić information content (AvgIpc) is 2.96. The third kappa shape index (κ3) is 3.18. The van der Waals surface area contributed by atoms with Gasteiger partial charge in [-0.2, -0.15) is 0 Å². The molecule has 1 aliphatic rings. The Bertz CT molecular complexity index is 738. The van der Waals surface area contributed by atoms with Crippen molar-refractivity contribution in [3.8, 4) is 0 Å². The maximum Gasteiger partial charge on any atom is 0.241 e. The number of nitrogens with two attached hydrogens (primary N) is 1. The van der Waals surface area contributed by atoms with Crippen LogP contribution < -0.4 is 10.5 Å². The molecule has 1 atom stereocenters. The van der Waals surface area contributed by atoms with E-state index in [4.69, 9.17) is 5.73 Å². The minimum absolute atomic E-state index is 0.0360. The number of rotatable bonds is 4. The van der Waals surface area contributed by atoms with E-state index in [0.29, 0.717) is 11.4 Å². The summed E-state index contributed by atoms with van der Waals surface area (Å²) in [7, 11) is -3.45. The molecule has 6 heteroatoms. The van der Waals surface area contributed by atoms with Crippen LogP contribution in [0, 0.1) is 0 Å². The van der Waals surface area contributed by atoms with E-state index in [1.165, 1.54) is 22.5 Å². The highest BCUT2D eigenvalue weighted by Crippen LogP contribution is 2.24. The van der Waals surface area contributed by atoms with Crippen LogP contribution in [-0.4, -0.2) is 14.5 Å². The maximum atomic E-state index is 12.4. The van der Waals surface area contributed by atoms with Crippen LogP contribution in [0.4, 0.5) is 0 Å². The minimum Gasteiger partial charge on any atom is -0.326 e. The molecule has 0 amide bonds. The van der Waals surface area contributed by atoms with E-state index in [9.17, 15) is 8.42 Å². The fraction of sp³-hybridized carbons (Fsp3) is 0.333. The van der Waals surface area contributed by atoms with Crippen LogP contribution in [0.1, 0.15) is 22.4 Å². The largest absolute Gasteiger partial charge is 0.326 e. The van der Waals surface area contributed by atoms with Gasteiger partial charge in [-0.15, -0.1) is 11.3 Å². The van der Waals surface area contributed by atoms with Crippen LogP contribution in [0.3, 0.4) is 0 Å². The zero-order valence-electron chi connectivity index (χ0n) is 11.6. The van der Waals surface area contributed by atoms with Gasteiger partial charge in [0.1, 0.15) is 0 Å². The Morgan fingerprint density at radius 3 is 2.76 bits per heavy atom. The number of hydrogen-bond donors (Lipinski definition) is 2. The summed E-state index contributed by atoms with van der Waals surface area (Å²) in [6.45, 7) is 0.372. The van der Waals surface area contributed by atoms with Gasteiger partial charge in [-0.05, 0) is 36.5 Å². The standard InChI is InChI=1S/C15H18N2O2S2/c16-9-14-8-15(10-20-14)21(18,19)17-13-6-5-11-3-1-2-4-12(11)7-13/h1-4,8,10,13,17H,5-7,9,16H2. The second-order valence-corrected chi connectivity index (χ2v) is 7.99. The van der Waals surface area contributed by atoms with Gasteiger partial charge in [-0.3, -0.25) is 0 Å². The number of sulfonamides is 1. The number of benzene rings is 1. The third-order valence-electron chi connectivity index (χ3n) is 3.81. The van der Waals surface area contributed by atoms with E-state index in [2.05, 4.69) is 16.9 Å². The Morgan fingerprint density at radius 1 is 1.29 bits per heavy atom. The van der Waals surface area contributed by atoms with Crippen molar-refractivity contribution in [2.75, 3.05) is 0 Å². The first-order valence-electron chi connectivity index (χ1n) is 6.95. The van der Waals surface area contributed by atoms with E-state index in [0.717, 1.165) is 24.1 Å². The molecule has 3 N–H and O–H groups in total. The van der Waals surface area contributed by atoms with Crippen LogP contribution in [0.15, 0.2) is 40.6 Å². The van der Waals surface area contributed by atoms with Crippen molar-refractivity contribution in [1.82, 2.24) is 4.72 Å². The summed E-state index contributed by atoms with van der Waals surface area (Å²) < 4.78 is 27.6. The van der Waals surface area contributed by atoms with E-state index in [1.54, 1.807) is 11.4 Å². The molecule has 0 saturated heterocycles. The number of hydrogen-bond acceptors (Lipinski definition) is 4. The van der Waals surface area contributed by atoms with Crippen molar-refractivity contribution >= 4 is 21.4 Å². The lowest BCUT2D eigenvalue weighted by molar-refractivity contribution is 0.508. The summed E-state index contributed by atoms with van der Waals surface area (Å²) in [5, 5.41) is 1.65. The lowest BCUT2D eigenvalue weighted by Gasteiger charge is -2.25. The third-order valence-corrected chi connectivity index (χ3v) is 6.42. The Balaban J connectivity index is 1.75. The first-order valence-corrected chi connectivity index (χ1v) is 9.31. The summed E-state index contributed by atoms with van der Waals surface area (Å²) in [4.78, 5) is 1.20.